The van der Waals surface area contributed by atoms with Crippen LogP contribution in [-0.4, -0.2) is 20.6 Å². The van der Waals surface area contributed by atoms with E-state index in [9.17, 15) is 21.6 Å². The van der Waals surface area contributed by atoms with Crippen molar-refractivity contribution in [1.82, 2.24) is 4.72 Å². The third-order valence-corrected chi connectivity index (χ3v) is 4.33. The van der Waals surface area contributed by atoms with Crippen molar-refractivity contribution in [3.8, 4) is 0 Å². The Kier molecular flexibility index (Phi) is 5.17. The summed E-state index contributed by atoms with van der Waals surface area (Å²) in [6.45, 7) is 3.11. The van der Waals surface area contributed by atoms with Gasteiger partial charge in [-0.2, -0.15) is 13.2 Å². The molecular weight excluding hydrogens is 293 g/mol. The van der Waals surface area contributed by atoms with Crippen LogP contribution in [0.2, 0.25) is 0 Å². The Labute approximate surface area is 116 Å². The lowest BCUT2D eigenvalue weighted by Gasteiger charge is -2.16. The van der Waals surface area contributed by atoms with Gasteiger partial charge in [-0.15, -0.1) is 0 Å². The minimum atomic E-state index is -4.42. The van der Waals surface area contributed by atoms with E-state index in [1.54, 1.807) is 13.0 Å². The van der Waals surface area contributed by atoms with Gasteiger partial charge in [0.15, 0.2) is 0 Å². The standard InChI is InChI=1S/C12H17F3N2O2S/c1-8-3-4-11(5-10(8)7-16)20(18,19)17-9(2)6-12(13,14)15/h3-5,9,17H,6-7,16H2,1-2H3. The minimum Gasteiger partial charge on any atom is -0.326 e. The van der Waals surface area contributed by atoms with Crippen LogP contribution in [0.1, 0.15) is 24.5 Å². The van der Waals surface area contributed by atoms with Crippen molar-refractivity contribution in [1.29, 1.82) is 0 Å². The quantitative estimate of drug-likeness (QED) is 0.874. The molecule has 0 radical (unpaired) electrons. The summed E-state index contributed by atoms with van der Waals surface area (Å²) < 4.78 is 62.6. The first-order valence-electron chi connectivity index (χ1n) is 5.94. The van der Waals surface area contributed by atoms with Crippen LogP contribution in [0.3, 0.4) is 0 Å². The van der Waals surface area contributed by atoms with E-state index < -0.39 is 28.7 Å². The molecule has 0 amide bonds. The highest BCUT2D eigenvalue weighted by atomic mass is 32.2. The number of sulfonamides is 1. The molecule has 3 N–H and O–H groups in total. The largest absolute Gasteiger partial charge is 0.390 e. The fourth-order valence-electron chi connectivity index (χ4n) is 1.76. The SMILES string of the molecule is Cc1ccc(S(=O)(=O)NC(C)CC(F)(F)F)cc1CN. The Morgan fingerprint density at radius 2 is 1.95 bits per heavy atom. The highest BCUT2D eigenvalue weighted by Crippen LogP contribution is 2.22. The van der Waals surface area contributed by atoms with Crippen LogP contribution in [0.15, 0.2) is 23.1 Å². The molecule has 114 valence electrons. The first-order chi connectivity index (χ1) is 9.05. The molecule has 1 unspecified atom stereocenters. The van der Waals surface area contributed by atoms with Gasteiger partial charge in [-0.25, -0.2) is 13.1 Å². The number of benzene rings is 1. The molecule has 0 aromatic heterocycles. The van der Waals surface area contributed by atoms with Crippen molar-refractivity contribution in [2.45, 2.75) is 43.9 Å². The Hall–Kier alpha value is -1.12. The first-order valence-corrected chi connectivity index (χ1v) is 7.42. The average Bonchev–Trinajstić information content (AvgIpc) is 2.25. The second kappa shape index (κ2) is 6.11. The van der Waals surface area contributed by atoms with Crippen molar-refractivity contribution in [2.75, 3.05) is 0 Å². The lowest BCUT2D eigenvalue weighted by atomic mass is 10.1. The van der Waals surface area contributed by atoms with Gasteiger partial charge in [0.25, 0.3) is 0 Å². The lowest BCUT2D eigenvalue weighted by Crippen LogP contribution is -2.36. The molecule has 0 aliphatic carbocycles. The number of nitrogens with two attached hydrogens (primary N) is 1. The Balaban J connectivity index is 2.94. The minimum absolute atomic E-state index is 0.0856. The van der Waals surface area contributed by atoms with E-state index in [2.05, 4.69) is 0 Å². The summed E-state index contributed by atoms with van der Waals surface area (Å²) in [6.07, 6.45) is -5.64. The van der Waals surface area contributed by atoms with E-state index in [4.69, 9.17) is 5.73 Å². The molecule has 0 bridgehead atoms. The smallest absolute Gasteiger partial charge is 0.326 e. The van der Waals surface area contributed by atoms with E-state index in [-0.39, 0.29) is 11.4 Å². The van der Waals surface area contributed by atoms with Crippen molar-refractivity contribution in [2.24, 2.45) is 5.73 Å². The molecule has 0 aliphatic rings. The summed E-state index contributed by atoms with van der Waals surface area (Å²) in [6, 6.07) is 3.06. The predicted octanol–water partition coefficient (Wildman–Crippen LogP) is 2.07. The molecule has 0 saturated carbocycles. The highest BCUT2D eigenvalue weighted by Gasteiger charge is 2.32. The van der Waals surface area contributed by atoms with E-state index in [0.29, 0.717) is 5.56 Å². The monoisotopic (exact) mass is 310 g/mol. The number of halogens is 3. The van der Waals surface area contributed by atoms with Crippen LogP contribution in [0, 0.1) is 6.92 Å². The molecular formula is C12H17F3N2O2S. The van der Waals surface area contributed by atoms with Crippen molar-refractivity contribution in [3.63, 3.8) is 0 Å². The van der Waals surface area contributed by atoms with Gasteiger partial charge in [-0.05, 0) is 37.1 Å². The normalized spacial score (nSPS) is 14.3. The van der Waals surface area contributed by atoms with Crippen molar-refractivity contribution in [3.05, 3.63) is 29.3 Å². The number of alkyl halides is 3. The topological polar surface area (TPSA) is 72.2 Å². The molecule has 0 spiro atoms. The third kappa shape index (κ3) is 4.77. The van der Waals surface area contributed by atoms with Gasteiger partial charge in [-0.3, -0.25) is 0 Å². The molecule has 8 heteroatoms. The average molecular weight is 310 g/mol. The molecule has 20 heavy (non-hydrogen) atoms. The molecule has 0 aliphatic heterocycles. The van der Waals surface area contributed by atoms with Gasteiger partial charge in [-0.1, -0.05) is 6.07 Å². The van der Waals surface area contributed by atoms with Gasteiger partial charge < -0.3 is 5.73 Å². The Morgan fingerprint density at radius 3 is 2.45 bits per heavy atom. The van der Waals surface area contributed by atoms with Crippen LogP contribution in [-0.2, 0) is 16.6 Å². The fourth-order valence-corrected chi connectivity index (χ4v) is 3.05. The maximum Gasteiger partial charge on any atom is 0.390 e. The summed E-state index contributed by atoms with van der Waals surface area (Å²) >= 11 is 0. The molecule has 1 aromatic rings. The summed E-state index contributed by atoms with van der Waals surface area (Å²) in [7, 11) is -3.99. The van der Waals surface area contributed by atoms with Crippen LogP contribution >= 0.6 is 0 Å². The zero-order valence-electron chi connectivity index (χ0n) is 11.2. The van der Waals surface area contributed by atoms with Gasteiger partial charge in [0.1, 0.15) is 0 Å². The van der Waals surface area contributed by atoms with E-state index in [1.165, 1.54) is 19.1 Å². The number of rotatable bonds is 5. The molecule has 1 aromatic carbocycles. The number of aryl methyl sites for hydroxylation is 1. The number of hydrogen-bond acceptors (Lipinski definition) is 3. The van der Waals surface area contributed by atoms with E-state index >= 15 is 0 Å². The Bertz CT molecular complexity index is 571. The van der Waals surface area contributed by atoms with Gasteiger partial charge >= 0.3 is 6.18 Å². The molecule has 0 fully saturated rings. The van der Waals surface area contributed by atoms with Crippen LogP contribution in [0.5, 0.6) is 0 Å². The van der Waals surface area contributed by atoms with Crippen LogP contribution in [0.4, 0.5) is 13.2 Å². The predicted molar refractivity (Wildman–Crippen MR) is 69.5 cm³/mol. The van der Waals surface area contributed by atoms with Crippen LogP contribution in [0.25, 0.3) is 0 Å². The third-order valence-electron chi connectivity index (χ3n) is 2.74. The molecule has 1 atom stereocenters. The lowest BCUT2D eigenvalue weighted by molar-refractivity contribution is -0.137. The number of nitrogens with one attached hydrogen (secondary N) is 1. The summed E-state index contributed by atoms with van der Waals surface area (Å²) in [5.41, 5.74) is 6.95. The molecule has 4 nitrogen and oxygen atoms in total. The highest BCUT2D eigenvalue weighted by molar-refractivity contribution is 7.89. The van der Waals surface area contributed by atoms with E-state index in [0.717, 1.165) is 5.56 Å². The van der Waals surface area contributed by atoms with Gasteiger partial charge in [0, 0.05) is 12.6 Å². The summed E-state index contributed by atoms with van der Waals surface area (Å²) in [4.78, 5) is -0.0856. The first kappa shape index (κ1) is 16.9. The molecule has 1 rings (SSSR count). The molecule has 0 heterocycles. The van der Waals surface area contributed by atoms with Crippen LogP contribution < -0.4 is 10.5 Å². The van der Waals surface area contributed by atoms with Gasteiger partial charge in [0.2, 0.25) is 10.0 Å². The van der Waals surface area contributed by atoms with Gasteiger partial charge in [0.05, 0.1) is 11.3 Å². The second-order valence-corrected chi connectivity index (χ2v) is 6.35. The number of hydrogen-bond donors (Lipinski definition) is 2. The maximum absolute atomic E-state index is 12.2. The molecule has 0 saturated heterocycles. The van der Waals surface area contributed by atoms with E-state index in [1.807, 2.05) is 4.72 Å². The zero-order valence-corrected chi connectivity index (χ0v) is 12.0. The van der Waals surface area contributed by atoms with Crippen molar-refractivity contribution >= 4 is 10.0 Å². The second-order valence-electron chi connectivity index (χ2n) is 4.63. The maximum atomic E-state index is 12.2. The zero-order chi connectivity index (χ0) is 15.6. The summed E-state index contributed by atoms with van der Waals surface area (Å²) in [5, 5.41) is 0. The van der Waals surface area contributed by atoms with Crippen molar-refractivity contribution < 1.29 is 21.6 Å². The summed E-state index contributed by atoms with van der Waals surface area (Å²) in [5.74, 6) is 0. The fraction of sp³-hybridized carbons (Fsp3) is 0.500. The Morgan fingerprint density at radius 1 is 1.35 bits per heavy atom.